The third-order valence-corrected chi connectivity index (χ3v) is 10.3. The Morgan fingerprint density at radius 2 is 1.79 bits per heavy atom. The van der Waals surface area contributed by atoms with E-state index in [1.165, 1.54) is 57.8 Å². The van der Waals surface area contributed by atoms with Crippen molar-refractivity contribution in [3.8, 4) is 0 Å². The first-order valence-corrected chi connectivity index (χ1v) is 12.6. The third-order valence-electron chi connectivity index (χ3n) is 10.3. The second kappa shape index (κ2) is 9.29. The maximum Gasteiger partial charge on any atom is 1.00 e. The summed E-state index contributed by atoms with van der Waals surface area (Å²) in [4.78, 5) is 0. The quantitative estimate of drug-likeness (QED) is 0.522. The van der Waals surface area contributed by atoms with E-state index in [0.717, 1.165) is 48.3 Å². The van der Waals surface area contributed by atoms with Gasteiger partial charge in [-0.25, -0.2) is 0 Å². The fourth-order valence-corrected chi connectivity index (χ4v) is 8.67. The van der Waals surface area contributed by atoms with Crippen molar-refractivity contribution in [3.05, 3.63) is 11.6 Å². The maximum atomic E-state index is 10.2. The van der Waals surface area contributed by atoms with E-state index < -0.39 is 0 Å². The van der Waals surface area contributed by atoms with Crippen LogP contribution in [0, 0.1) is 46.3 Å². The summed E-state index contributed by atoms with van der Waals surface area (Å²) in [6.07, 6.45) is 17.2. The molecule has 0 aliphatic heterocycles. The van der Waals surface area contributed by atoms with E-state index >= 15 is 0 Å². The van der Waals surface area contributed by atoms with Crippen LogP contribution in [0.4, 0.5) is 0 Å². The Morgan fingerprint density at radius 1 is 1.03 bits per heavy atom. The SMILES string of the molecule is CC(C)CCC[C@@H](C)[C@H]1CC[C@H]2[C@@H]3CC=C4C[C@@H](O)CC[C@]4(C)[C@H]3CC[C@]12C.[H-].[Na+]. The first-order valence-electron chi connectivity index (χ1n) is 12.6. The number of aliphatic hydroxyl groups is 1. The molecule has 29 heavy (non-hydrogen) atoms. The topological polar surface area (TPSA) is 20.2 Å². The molecule has 4 aliphatic rings. The molecule has 4 rings (SSSR count). The smallest absolute Gasteiger partial charge is 1.00 e. The van der Waals surface area contributed by atoms with Crippen LogP contribution in [0.3, 0.4) is 0 Å². The molecule has 1 N–H and O–H groups in total. The summed E-state index contributed by atoms with van der Waals surface area (Å²) < 4.78 is 0. The van der Waals surface area contributed by atoms with Gasteiger partial charge in [0.2, 0.25) is 0 Å². The second-order valence-electron chi connectivity index (χ2n) is 12.2. The molecule has 0 unspecified atom stereocenters. The third kappa shape index (κ3) is 4.34. The van der Waals surface area contributed by atoms with Crippen LogP contribution in [0.5, 0.6) is 0 Å². The van der Waals surface area contributed by atoms with Crippen LogP contribution in [0.1, 0.15) is 107 Å². The van der Waals surface area contributed by atoms with Gasteiger partial charge >= 0.3 is 29.6 Å². The van der Waals surface area contributed by atoms with Crippen LogP contribution in [0.25, 0.3) is 0 Å². The molecular weight excluding hydrogens is 363 g/mol. The van der Waals surface area contributed by atoms with Gasteiger partial charge in [0.25, 0.3) is 0 Å². The predicted octanol–water partition coefficient (Wildman–Crippen LogP) is 4.51. The maximum absolute atomic E-state index is 10.2. The van der Waals surface area contributed by atoms with E-state index in [9.17, 15) is 5.11 Å². The van der Waals surface area contributed by atoms with Crippen LogP contribution < -0.4 is 29.6 Å². The van der Waals surface area contributed by atoms with E-state index in [4.69, 9.17) is 0 Å². The molecule has 3 saturated carbocycles. The monoisotopic (exact) mass is 410 g/mol. The van der Waals surface area contributed by atoms with Gasteiger partial charge in [0.15, 0.2) is 0 Å². The Morgan fingerprint density at radius 3 is 2.52 bits per heavy atom. The van der Waals surface area contributed by atoms with Crippen molar-refractivity contribution >= 4 is 0 Å². The fourth-order valence-electron chi connectivity index (χ4n) is 8.67. The number of fused-ring (bicyclic) bond motifs is 5. The van der Waals surface area contributed by atoms with Gasteiger partial charge in [-0.15, -0.1) is 0 Å². The molecule has 0 saturated heterocycles. The zero-order valence-electron chi connectivity index (χ0n) is 21.3. The van der Waals surface area contributed by atoms with Crippen LogP contribution in [-0.4, -0.2) is 11.2 Å². The van der Waals surface area contributed by atoms with Gasteiger partial charge in [0.1, 0.15) is 0 Å². The van der Waals surface area contributed by atoms with Gasteiger partial charge in [-0.1, -0.05) is 65.5 Å². The average Bonchev–Trinajstić information content (AvgIpc) is 2.99. The Hall–Kier alpha value is 0.700. The molecule has 0 radical (unpaired) electrons. The fraction of sp³-hybridized carbons (Fsp3) is 0.926. The molecule has 0 aromatic heterocycles. The minimum absolute atomic E-state index is 0. The molecule has 0 amide bonds. The molecule has 8 atom stereocenters. The van der Waals surface area contributed by atoms with Gasteiger partial charge in [0, 0.05) is 0 Å². The number of rotatable bonds is 5. The summed E-state index contributed by atoms with van der Waals surface area (Å²) in [6, 6.07) is 0. The number of aliphatic hydroxyl groups excluding tert-OH is 1. The van der Waals surface area contributed by atoms with Gasteiger partial charge in [0.05, 0.1) is 6.10 Å². The first kappa shape index (κ1) is 24.3. The van der Waals surface area contributed by atoms with Crippen molar-refractivity contribution in [2.24, 2.45) is 46.3 Å². The van der Waals surface area contributed by atoms with Crippen molar-refractivity contribution < 1.29 is 36.1 Å². The molecule has 1 nitrogen and oxygen atoms in total. The molecule has 0 heterocycles. The summed E-state index contributed by atoms with van der Waals surface area (Å²) in [6.45, 7) is 12.6. The van der Waals surface area contributed by atoms with Crippen molar-refractivity contribution in [2.45, 2.75) is 111 Å². The summed E-state index contributed by atoms with van der Waals surface area (Å²) in [5.74, 6) is 5.46. The van der Waals surface area contributed by atoms with Crippen LogP contribution in [0.15, 0.2) is 11.6 Å². The summed E-state index contributed by atoms with van der Waals surface area (Å²) in [5, 5.41) is 10.2. The van der Waals surface area contributed by atoms with Gasteiger partial charge < -0.3 is 6.53 Å². The molecule has 4 aliphatic carbocycles. The zero-order chi connectivity index (χ0) is 20.1. The summed E-state index contributed by atoms with van der Waals surface area (Å²) >= 11 is 0. The van der Waals surface area contributed by atoms with E-state index in [-0.39, 0.29) is 37.1 Å². The number of hydrogen-bond donors (Lipinski definition) is 1. The van der Waals surface area contributed by atoms with Crippen molar-refractivity contribution in [1.82, 2.24) is 0 Å². The standard InChI is InChI=1S/C27H46O.Na.H/c1-18(2)7-6-8-19(3)23-11-12-24-22-10-9-20-17-21(28)13-15-26(20,4)25(22)14-16-27(23,24)5;;/h9,18-19,21-25,28H,6-8,10-17H2,1-5H3;;/q;+1;-1/t19-,21+,22+,23-,24+,25+,26+,27-;;/m1../s1. The molecule has 2 heteroatoms. The predicted molar refractivity (Wildman–Crippen MR) is 120 cm³/mol. The van der Waals surface area contributed by atoms with E-state index in [2.05, 4.69) is 40.7 Å². The Balaban J connectivity index is 0.00000160. The van der Waals surface area contributed by atoms with Gasteiger partial charge in [-0.05, 0) is 97.7 Å². The summed E-state index contributed by atoms with van der Waals surface area (Å²) in [5.41, 5.74) is 2.60. The Bertz CT molecular complexity index is 604. The van der Waals surface area contributed by atoms with Crippen LogP contribution in [0.2, 0.25) is 0 Å². The van der Waals surface area contributed by atoms with Crippen molar-refractivity contribution in [1.29, 1.82) is 0 Å². The number of hydrogen-bond acceptors (Lipinski definition) is 1. The molecule has 0 bridgehead atoms. The van der Waals surface area contributed by atoms with Gasteiger partial charge in [-0.2, -0.15) is 0 Å². The van der Waals surface area contributed by atoms with Crippen LogP contribution >= 0.6 is 0 Å². The average molecular weight is 411 g/mol. The zero-order valence-corrected chi connectivity index (χ0v) is 22.3. The molecule has 162 valence electrons. The molecule has 3 fully saturated rings. The molecular formula is C27H47NaO. The molecule has 0 aromatic rings. The second-order valence-corrected chi connectivity index (χ2v) is 12.2. The largest absolute Gasteiger partial charge is 1.00 e. The van der Waals surface area contributed by atoms with Crippen LogP contribution in [-0.2, 0) is 0 Å². The Labute approximate surface area is 204 Å². The normalized spacial score (nSPS) is 44.9. The van der Waals surface area contributed by atoms with E-state index in [0.29, 0.717) is 10.8 Å². The Kier molecular flexibility index (Phi) is 7.79. The first-order chi connectivity index (χ1) is 13.3. The van der Waals surface area contributed by atoms with E-state index in [1.807, 2.05) is 0 Å². The number of allylic oxidation sites excluding steroid dienone is 1. The van der Waals surface area contributed by atoms with Gasteiger partial charge in [-0.3, -0.25) is 0 Å². The molecule has 0 spiro atoms. The summed E-state index contributed by atoms with van der Waals surface area (Å²) in [7, 11) is 0. The molecule has 0 aromatic carbocycles. The van der Waals surface area contributed by atoms with Crippen molar-refractivity contribution in [3.63, 3.8) is 0 Å². The minimum atomic E-state index is -0.0766. The van der Waals surface area contributed by atoms with Crippen molar-refractivity contribution in [2.75, 3.05) is 0 Å². The minimum Gasteiger partial charge on any atom is -1.00 e. The van der Waals surface area contributed by atoms with E-state index in [1.54, 1.807) is 5.57 Å².